The van der Waals surface area contributed by atoms with Crippen LogP contribution in [0.25, 0.3) is 0 Å². The molecule has 1 aliphatic carbocycles. The second kappa shape index (κ2) is 2.96. The molecule has 2 rings (SSSR count). The van der Waals surface area contributed by atoms with Crippen LogP contribution in [0.15, 0.2) is 0 Å². The first-order valence-corrected chi connectivity index (χ1v) is 5.43. The molecule has 1 saturated heterocycles. The average molecular weight is 184 g/mol. The number of hydrogen-bond donors (Lipinski definition) is 1. The molecule has 1 N–H and O–H groups in total. The average Bonchev–Trinajstić information content (AvgIpc) is 2.01. The topological polar surface area (TPSA) is 29.5 Å². The molecule has 1 saturated carbocycles. The first-order valence-electron chi connectivity index (χ1n) is 5.43. The van der Waals surface area contributed by atoms with Gasteiger partial charge >= 0.3 is 0 Å². The van der Waals surface area contributed by atoms with Gasteiger partial charge in [0.05, 0.1) is 17.8 Å². The molecular weight excluding hydrogens is 164 g/mol. The van der Waals surface area contributed by atoms with E-state index in [4.69, 9.17) is 4.74 Å². The van der Waals surface area contributed by atoms with Crippen LogP contribution in [0.1, 0.15) is 46.0 Å². The highest BCUT2D eigenvalue weighted by molar-refractivity contribution is 5.01. The number of ether oxygens (including phenoxy) is 1. The molecule has 1 spiro atoms. The van der Waals surface area contributed by atoms with E-state index in [9.17, 15) is 5.11 Å². The summed E-state index contributed by atoms with van der Waals surface area (Å²) in [5.41, 5.74) is -0.393. The van der Waals surface area contributed by atoms with Gasteiger partial charge in [-0.1, -0.05) is 13.8 Å². The van der Waals surface area contributed by atoms with Crippen LogP contribution in [0, 0.1) is 5.92 Å². The van der Waals surface area contributed by atoms with Crippen LogP contribution in [0.3, 0.4) is 0 Å². The number of rotatable bonds is 1. The Balaban J connectivity index is 2.06. The van der Waals surface area contributed by atoms with Gasteiger partial charge in [0, 0.05) is 6.42 Å². The molecule has 1 heterocycles. The van der Waals surface area contributed by atoms with Gasteiger partial charge in [-0.05, 0) is 31.6 Å². The number of hydrogen-bond acceptors (Lipinski definition) is 2. The molecule has 2 aliphatic rings. The monoisotopic (exact) mass is 184 g/mol. The Morgan fingerprint density at radius 3 is 2.38 bits per heavy atom. The molecule has 1 unspecified atom stereocenters. The molecule has 0 radical (unpaired) electrons. The van der Waals surface area contributed by atoms with Crippen LogP contribution in [0.4, 0.5) is 0 Å². The Bertz CT molecular complexity index is 196. The summed E-state index contributed by atoms with van der Waals surface area (Å²) >= 11 is 0. The molecule has 0 amide bonds. The van der Waals surface area contributed by atoms with Crippen LogP contribution in [0.5, 0.6) is 0 Å². The zero-order valence-electron chi connectivity index (χ0n) is 8.68. The van der Waals surface area contributed by atoms with Crippen molar-refractivity contribution in [3.8, 4) is 0 Å². The lowest BCUT2D eigenvalue weighted by Gasteiger charge is -2.51. The van der Waals surface area contributed by atoms with Crippen LogP contribution in [-0.4, -0.2) is 22.9 Å². The van der Waals surface area contributed by atoms with E-state index in [1.165, 1.54) is 6.42 Å². The molecule has 2 fully saturated rings. The SMILES string of the molecule is CC(C)C1(O)CCOC2(CCC2)C1. The minimum Gasteiger partial charge on any atom is -0.389 e. The van der Waals surface area contributed by atoms with Crippen LogP contribution >= 0.6 is 0 Å². The quantitative estimate of drug-likeness (QED) is 0.676. The van der Waals surface area contributed by atoms with Gasteiger partial charge in [0.1, 0.15) is 0 Å². The second-order valence-corrected chi connectivity index (χ2v) is 5.07. The Labute approximate surface area is 80.3 Å². The molecule has 0 aromatic heterocycles. The highest BCUT2D eigenvalue weighted by atomic mass is 16.5. The fourth-order valence-corrected chi connectivity index (χ4v) is 2.53. The predicted octanol–water partition coefficient (Wildman–Crippen LogP) is 2.11. The summed E-state index contributed by atoms with van der Waals surface area (Å²) in [5.74, 6) is 0.355. The van der Waals surface area contributed by atoms with Crippen molar-refractivity contribution in [3.05, 3.63) is 0 Å². The Kier molecular flexibility index (Phi) is 2.16. The highest BCUT2D eigenvalue weighted by Gasteiger charge is 2.49. The summed E-state index contributed by atoms with van der Waals surface area (Å²) in [6, 6.07) is 0. The van der Waals surface area contributed by atoms with Crippen molar-refractivity contribution in [2.24, 2.45) is 5.92 Å². The molecular formula is C11H20O2. The maximum atomic E-state index is 10.4. The molecule has 13 heavy (non-hydrogen) atoms. The molecule has 1 atom stereocenters. The van der Waals surface area contributed by atoms with Gasteiger partial charge in [0.25, 0.3) is 0 Å². The van der Waals surface area contributed by atoms with Gasteiger partial charge in [-0.15, -0.1) is 0 Å². The standard InChI is InChI=1S/C11H20O2/c1-9(2)11(12)6-7-13-10(8-11)4-3-5-10/h9,12H,3-8H2,1-2H3. The summed E-state index contributed by atoms with van der Waals surface area (Å²) < 4.78 is 5.79. The zero-order valence-corrected chi connectivity index (χ0v) is 8.68. The van der Waals surface area contributed by atoms with E-state index in [1.807, 2.05) is 0 Å². The van der Waals surface area contributed by atoms with E-state index < -0.39 is 5.60 Å². The Morgan fingerprint density at radius 2 is 1.92 bits per heavy atom. The van der Waals surface area contributed by atoms with Crippen LogP contribution in [-0.2, 0) is 4.74 Å². The molecule has 0 aromatic carbocycles. The minimum atomic E-state index is -0.460. The molecule has 76 valence electrons. The first-order chi connectivity index (χ1) is 6.06. The predicted molar refractivity (Wildman–Crippen MR) is 51.6 cm³/mol. The third-order valence-electron chi connectivity index (χ3n) is 3.91. The van der Waals surface area contributed by atoms with Crippen molar-refractivity contribution < 1.29 is 9.84 Å². The van der Waals surface area contributed by atoms with E-state index in [-0.39, 0.29) is 5.60 Å². The van der Waals surface area contributed by atoms with Gasteiger partial charge in [-0.3, -0.25) is 0 Å². The fourth-order valence-electron chi connectivity index (χ4n) is 2.53. The summed E-state index contributed by atoms with van der Waals surface area (Å²) in [6.07, 6.45) is 5.25. The van der Waals surface area contributed by atoms with Crippen molar-refractivity contribution in [3.63, 3.8) is 0 Å². The van der Waals surface area contributed by atoms with E-state index in [1.54, 1.807) is 0 Å². The van der Waals surface area contributed by atoms with Crippen molar-refractivity contribution >= 4 is 0 Å². The smallest absolute Gasteiger partial charge is 0.0719 e. The number of aliphatic hydroxyl groups is 1. The molecule has 2 heteroatoms. The minimum absolute atomic E-state index is 0.0667. The maximum Gasteiger partial charge on any atom is 0.0719 e. The van der Waals surface area contributed by atoms with Crippen molar-refractivity contribution in [2.75, 3.05) is 6.61 Å². The van der Waals surface area contributed by atoms with Gasteiger partial charge in [0.15, 0.2) is 0 Å². The van der Waals surface area contributed by atoms with Gasteiger partial charge < -0.3 is 9.84 Å². The van der Waals surface area contributed by atoms with E-state index in [2.05, 4.69) is 13.8 Å². The lowest BCUT2D eigenvalue weighted by molar-refractivity contribution is -0.203. The molecule has 1 aliphatic heterocycles. The summed E-state index contributed by atoms with van der Waals surface area (Å²) in [4.78, 5) is 0. The third kappa shape index (κ3) is 1.50. The second-order valence-electron chi connectivity index (χ2n) is 5.07. The van der Waals surface area contributed by atoms with Crippen LogP contribution in [0.2, 0.25) is 0 Å². The Hall–Kier alpha value is -0.0800. The summed E-state index contributed by atoms with van der Waals surface area (Å²) in [5, 5.41) is 10.4. The highest BCUT2D eigenvalue weighted by Crippen LogP contribution is 2.47. The van der Waals surface area contributed by atoms with Gasteiger partial charge in [0.2, 0.25) is 0 Å². The largest absolute Gasteiger partial charge is 0.389 e. The van der Waals surface area contributed by atoms with E-state index >= 15 is 0 Å². The molecule has 0 bridgehead atoms. The summed E-state index contributed by atoms with van der Waals surface area (Å²) in [7, 11) is 0. The first kappa shape index (κ1) is 9.47. The van der Waals surface area contributed by atoms with E-state index in [0.29, 0.717) is 5.92 Å². The normalized spacial score (nSPS) is 37.8. The third-order valence-corrected chi connectivity index (χ3v) is 3.91. The molecule has 0 aromatic rings. The van der Waals surface area contributed by atoms with Crippen molar-refractivity contribution in [2.45, 2.75) is 57.2 Å². The summed E-state index contributed by atoms with van der Waals surface area (Å²) in [6.45, 7) is 4.96. The zero-order chi connectivity index (χ0) is 9.53. The molecule has 2 nitrogen and oxygen atoms in total. The van der Waals surface area contributed by atoms with Gasteiger partial charge in [-0.2, -0.15) is 0 Å². The van der Waals surface area contributed by atoms with E-state index in [0.717, 1.165) is 32.3 Å². The van der Waals surface area contributed by atoms with Crippen molar-refractivity contribution in [1.29, 1.82) is 0 Å². The van der Waals surface area contributed by atoms with Crippen molar-refractivity contribution in [1.82, 2.24) is 0 Å². The lowest BCUT2D eigenvalue weighted by atomic mass is 9.67. The Morgan fingerprint density at radius 1 is 1.23 bits per heavy atom. The maximum absolute atomic E-state index is 10.4. The lowest BCUT2D eigenvalue weighted by Crippen LogP contribution is -2.54. The van der Waals surface area contributed by atoms with Crippen LogP contribution < -0.4 is 0 Å². The van der Waals surface area contributed by atoms with Gasteiger partial charge in [-0.25, -0.2) is 0 Å². The fraction of sp³-hybridized carbons (Fsp3) is 1.00.